The van der Waals surface area contributed by atoms with Gasteiger partial charge in [0.25, 0.3) is 0 Å². The van der Waals surface area contributed by atoms with Crippen LogP contribution in [-0.2, 0) is 0 Å². The Labute approximate surface area is 248 Å². The smallest absolute Gasteiger partial charge is 0.219 e. The lowest BCUT2D eigenvalue weighted by atomic mass is 9.84. The molecule has 42 heavy (non-hydrogen) atoms. The van der Waals surface area contributed by atoms with Gasteiger partial charge in [0.15, 0.2) is 0 Å². The molecule has 5 aromatic carbocycles. The van der Waals surface area contributed by atoms with Gasteiger partial charge in [-0.25, -0.2) is 0 Å². The fraction of sp³-hybridized carbons (Fsp3) is 0.0789. The molecule has 0 bridgehead atoms. The summed E-state index contributed by atoms with van der Waals surface area (Å²) in [5.41, 5.74) is 11.8. The number of rotatable bonds is 6. The van der Waals surface area contributed by atoms with Crippen molar-refractivity contribution in [3.8, 4) is 11.1 Å². The zero-order chi connectivity index (χ0) is 28.0. The van der Waals surface area contributed by atoms with Gasteiger partial charge in [0.1, 0.15) is 0 Å². The summed E-state index contributed by atoms with van der Waals surface area (Å²) >= 11 is 1.42. The van der Waals surface area contributed by atoms with Crippen LogP contribution >= 0.6 is 11.8 Å². The summed E-state index contributed by atoms with van der Waals surface area (Å²) in [4.78, 5) is 20.4. The highest BCUT2D eigenvalue weighted by molar-refractivity contribution is 8.14. The third-order valence-electron chi connectivity index (χ3n) is 8.69. The van der Waals surface area contributed by atoms with E-state index < -0.39 is 0 Å². The van der Waals surface area contributed by atoms with Crippen molar-refractivity contribution >= 4 is 38.7 Å². The minimum atomic E-state index is 0.0144. The molecule has 0 fully saturated rings. The summed E-state index contributed by atoms with van der Waals surface area (Å²) in [6.07, 6.45) is 4.26. The Morgan fingerprint density at radius 2 is 1.12 bits per heavy atom. The fourth-order valence-corrected chi connectivity index (χ4v) is 7.67. The molecule has 4 heteroatoms. The van der Waals surface area contributed by atoms with Crippen molar-refractivity contribution in [1.29, 1.82) is 0 Å². The number of fused-ring (bicyclic) bond motifs is 5. The molecule has 202 valence electrons. The zero-order valence-electron chi connectivity index (χ0n) is 22.9. The van der Waals surface area contributed by atoms with Crippen LogP contribution in [0.3, 0.4) is 0 Å². The van der Waals surface area contributed by atoms with Gasteiger partial charge in [-0.05, 0) is 51.1 Å². The molecule has 8 rings (SSSR count). The monoisotopic (exact) mass is 560 g/mol. The normalized spacial score (nSPS) is 12.7. The Kier molecular flexibility index (Phi) is 6.08. The summed E-state index contributed by atoms with van der Waals surface area (Å²) < 4.78 is 0. The Morgan fingerprint density at radius 3 is 1.69 bits per heavy atom. The Hall–Kier alpha value is -4.80. The molecule has 0 spiro atoms. The molecule has 0 radical (unpaired) electrons. The van der Waals surface area contributed by atoms with Crippen LogP contribution in [0, 0.1) is 0 Å². The first kappa shape index (κ1) is 25.0. The minimum absolute atomic E-state index is 0.0144. The van der Waals surface area contributed by atoms with E-state index in [0.717, 1.165) is 27.9 Å². The summed E-state index contributed by atoms with van der Waals surface area (Å²) in [6.45, 7) is 0. The van der Waals surface area contributed by atoms with Crippen LogP contribution in [0.5, 0.6) is 0 Å². The molecular weight excluding hydrogens is 532 g/mol. The first-order valence-corrected chi connectivity index (χ1v) is 15.3. The number of hydrogen-bond donors (Lipinski definition) is 2. The second kappa shape index (κ2) is 10.2. The number of aromatic amines is 2. The molecule has 2 aromatic heterocycles. The number of para-hydroxylation sites is 2. The van der Waals surface area contributed by atoms with Crippen LogP contribution in [0.1, 0.15) is 50.0 Å². The van der Waals surface area contributed by atoms with Crippen LogP contribution in [0.25, 0.3) is 32.9 Å². The number of hydrogen-bond acceptors (Lipinski definition) is 2. The lowest BCUT2D eigenvalue weighted by molar-refractivity contribution is 0.108. The number of aromatic nitrogens is 2. The second-order valence-electron chi connectivity index (χ2n) is 11.0. The molecule has 0 saturated carbocycles. The summed E-state index contributed by atoms with van der Waals surface area (Å²) in [6, 6.07) is 42.3. The number of benzene rings is 5. The van der Waals surface area contributed by atoms with E-state index in [1.165, 1.54) is 55.9 Å². The van der Waals surface area contributed by atoms with Crippen molar-refractivity contribution in [1.82, 2.24) is 9.97 Å². The maximum absolute atomic E-state index is 13.5. The van der Waals surface area contributed by atoms with Gasteiger partial charge in [-0.3, -0.25) is 4.79 Å². The van der Waals surface area contributed by atoms with Crippen LogP contribution < -0.4 is 0 Å². The zero-order valence-corrected chi connectivity index (χ0v) is 23.7. The Balaban J connectivity index is 1.10. The summed E-state index contributed by atoms with van der Waals surface area (Å²) in [5, 5.41) is 2.53. The molecule has 0 saturated heterocycles. The summed E-state index contributed by atoms with van der Waals surface area (Å²) in [5.74, 6) is 0.960. The van der Waals surface area contributed by atoms with Crippen molar-refractivity contribution in [2.45, 2.75) is 11.8 Å². The van der Waals surface area contributed by atoms with E-state index >= 15 is 0 Å². The van der Waals surface area contributed by atoms with Crippen LogP contribution in [0.2, 0.25) is 0 Å². The first-order valence-electron chi connectivity index (χ1n) is 14.3. The van der Waals surface area contributed by atoms with Crippen molar-refractivity contribution in [2.75, 3.05) is 5.75 Å². The molecule has 1 aliphatic carbocycles. The van der Waals surface area contributed by atoms with Crippen molar-refractivity contribution in [2.24, 2.45) is 0 Å². The minimum Gasteiger partial charge on any atom is -0.361 e. The van der Waals surface area contributed by atoms with Gasteiger partial charge >= 0.3 is 0 Å². The predicted octanol–water partition coefficient (Wildman–Crippen LogP) is 9.52. The maximum atomic E-state index is 13.5. The predicted molar refractivity (Wildman–Crippen MR) is 174 cm³/mol. The van der Waals surface area contributed by atoms with Crippen LogP contribution in [-0.4, -0.2) is 20.8 Å². The van der Waals surface area contributed by atoms with E-state index in [4.69, 9.17) is 0 Å². The Morgan fingerprint density at radius 1 is 0.619 bits per heavy atom. The van der Waals surface area contributed by atoms with Gasteiger partial charge in [-0.2, -0.15) is 0 Å². The molecule has 3 nitrogen and oxygen atoms in total. The van der Waals surface area contributed by atoms with Crippen LogP contribution in [0.15, 0.2) is 134 Å². The lowest BCUT2D eigenvalue weighted by Gasteiger charge is -2.18. The van der Waals surface area contributed by atoms with Crippen LogP contribution in [0.4, 0.5) is 0 Å². The highest BCUT2D eigenvalue weighted by Crippen LogP contribution is 2.46. The number of carbonyl (C=O) groups is 1. The van der Waals surface area contributed by atoms with Gasteiger partial charge < -0.3 is 9.97 Å². The van der Waals surface area contributed by atoms with Crippen molar-refractivity contribution < 1.29 is 4.79 Å². The van der Waals surface area contributed by atoms with Gasteiger partial charge in [0.05, 0.1) is 0 Å². The van der Waals surface area contributed by atoms with E-state index in [1.807, 2.05) is 12.1 Å². The average molecular weight is 561 g/mol. The van der Waals surface area contributed by atoms with E-state index in [-0.39, 0.29) is 17.0 Å². The number of nitrogens with one attached hydrogen (secondary N) is 2. The standard InChI is InChI=1S/C38H28N2OS/c41-38(42-23-34-28-11-3-1-9-26(28)27-10-2-4-12-29(27)34)25-19-17-24(18-20-25)37(32-21-39-35-15-7-5-13-30(32)35)33-22-40-36-16-8-6-14-31(33)36/h1-22,34,37,39-40H,23H2. The maximum Gasteiger partial charge on any atom is 0.219 e. The fourth-order valence-electron chi connectivity index (χ4n) is 6.69. The highest BCUT2D eigenvalue weighted by atomic mass is 32.2. The van der Waals surface area contributed by atoms with Crippen molar-refractivity contribution in [3.05, 3.63) is 167 Å². The molecular formula is C38H28N2OS. The van der Waals surface area contributed by atoms with Gasteiger partial charge in [-0.15, -0.1) is 0 Å². The second-order valence-corrected chi connectivity index (χ2v) is 12.0. The van der Waals surface area contributed by atoms with Gasteiger partial charge in [0.2, 0.25) is 5.12 Å². The Bertz CT molecular complexity index is 1960. The van der Waals surface area contributed by atoms with E-state index in [0.29, 0.717) is 0 Å². The third kappa shape index (κ3) is 4.10. The molecule has 7 aromatic rings. The molecule has 0 aliphatic heterocycles. The molecule has 0 atom stereocenters. The SMILES string of the molecule is O=C(SCC1c2ccccc2-c2ccccc21)c1ccc(C(c2c[nH]c3ccccc23)c2c[nH]c3ccccc23)cc1. The molecule has 2 N–H and O–H groups in total. The number of H-pyrrole nitrogens is 2. The quantitative estimate of drug-likeness (QED) is 0.213. The lowest BCUT2D eigenvalue weighted by Crippen LogP contribution is -2.05. The van der Waals surface area contributed by atoms with Gasteiger partial charge in [0, 0.05) is 57.4 Å². The molecule has 1 aliphatic rings. The largest absolute Gasteiger partial charge is 0.361 e. The summed E-state index contributed by atoms with van der Waals surface area (Å²) in [7, 11) is 0. The van der Waals surface area contributed by atoms with E-state index in [2.05, 4.69) is 132 Å². The topological polar surface area (TPSA) is 48.6 Å². The van der Waals surface area contributed by atoms with Crippen molar-refractivity contribution in [3.63, 3.8) is 0 Å². The van der Waals surface area contributed by atoms with Gasteiger partial charge in [-0.1, -0.05) is 121 Å². The first-order chi connectivity index (χ1) is 20.8. The highest BCUT2D eigenvalue weighted by Gasteiger charge is 2.29. The number of thioether (sulfide) groups is 1. The average Bonchev–Trinajstić information content (AvgIpc) is 3.75. The molecule has 0 amide bonds. The number of carbonyl (C=O) groups excluding carboxylic acids is 1. The molecule has 0 unspecified atom stereocenters. The molecule has 2 heterocycles. The van der Waals surface area contributed by atoms with E-state index in [9.17, 15) is 4.79 Å². The van der Waals surface area contributed by atoms with E-state index in [1.54, 1.807) is 0 Å². The third-order valence-corrected chi connectivity index (χ3v) is 9.69.